The Labute approximate surface area is 94.6 Å². The largest absolute Gasteiger partial charge is 0.443 e. The van der Waals surface area contributed by atoms with Crippen LogP contribution in [0.25, 0.3) is 0 Å². The standard InChI is InChI=1S/3CHNO.6CH4/c3*2-1-3;;;;;;/h3H;2*2H;6*1H4. The van der Waals surface area contributed by atoms with Gasteiger partial charge in [0.1, 0.15) is 0 Å². The Morgan fingerprint density at radius 1 is 0.800 bits per heavy atom. The van der Waals surface area contributed by atoms with Crippen LogP contribution < -0.4 is 0 Å². The third kappa shape index (κ3) is 320. The molecule has 0 saturated carbocycles. The second-order valence-electron chi connectivity index (χ2n) is 0.304. The lowest BCUT2D eigenvalue weighted by Gasteiger charge is -1.25. The maximum absolute atomic E-state index is 8.35. The summed E-state index contributed by atoms with van der Waals surface area (Å²) in [6.45, 7) is 0. The van der Waals surface area contributed by atoms with Crippen LogP contribution in [0.15, 0.2) is 0 Å². The molecule has 0 aromatic heterocycles. The van der Waals surface area contributed by atoms with Crippen molar-refractivity contribution in [2.45, 2.75) is 44.6 Å². The topological polar surface area (TPSA) is 126 Å². The first-order valence-electron chi connectivity index (χ1n) is 1.36. The summed E-state index contributed by atoms with van der Waals surface area (Å²) in [7, 11) is 0. The third-order valence-electron chi connectivity index (χ3n) is 0. The van der Waals surface area contributed by atoms with Gasteiger partial charge in [-0.15, -0.1) is 0 Å². The average molecular weight is 225 g/mol. The molecular formula is C9H27N3O3. The number of isocyanates is 2. The molecule has 0 aromatic rings. The number of nitrogens with zero attached hydrogens (tertiary/aromatic N) is 1. The molecule has 0 spiro atoms. The first-order valence-corrected chi connectivity index (χ1v) is 1.36. The molecule has 0 atom stereocenters. The van der Waals surface area contributed by atoms with Crippen molar-refractivity contribution in [3.05, 3.63) is 0 Å². The van der Waals surface area contributed by atoms with Gasteiger partial charge < -0.3 is 5.11 Å². The van der Waals surface area contributed by atoms with Gasteiger partial charge in [0.05, 0.1) is 0 Å². The fourth-order valence-electron chi connectivity index (χ4n) is 0. The molecule has 0 fully saturated rings. The van der Waals surface area contributed by atoms with Crippen LogP contribution in [0.3, 0.4) is 0 Å². The molecule has 0 bridgehead atoms. The van der Waals surface area contributed by atoms with Crippen molar-refractivity contribution in [1.82, 2.24) is 0 Å². The Kier molecular flexibility index (Phi) is 10300. The average Bonchev–Trinajstić information content (AvgIpc) is 1.70. The first-order chi connectivity index (χ1) is 4.24. The van der Waals surface area contributed by atoms with Crippen molar-refractivity contribution < 1.29 is 14.7 Å². The van der Waals surface area contributed by atoms with Crippen LogP contribution in [0.1, 0.15) is 44.6 Å². The quantitative estimate of drug-likeness (QED) is 0.331. The summed E-state index contributed by atoms with van der Waals surface area (Å²) in [5, 5.41) is 24.6. The SMILES string of the molecule is C.C.C.C.C.C.N#CO.N=C=O.N=C=O. The number of nitriles is 1. The van der Waals surface area contributed by atoms with E-state index < -0.39 is 0 Å². The van der Waals surface area contributed by atoms with E-state index in [0.717, 1.165) is 18.4 Å². The second-order valence-corrected chi connectivity index (χ2v) is 0.304. The Bertz CT molecular complexity index is 129. The van der Waals surface area contributed by atoms with E-state index in [1.54, 1.807) is 0 Å². The smallest absolute Gasteiger partial charge is 0.283 e. The van der Waals surface area contributed by atoms with Crippen molar-refractivity contribution >= 4 is 12.2 Å². The van der Waals surface area contributed by atoms with Crippen molar-refractivity contribution in [2.24, 2.45) is 0 Å². The van der Waals surface area contributed by atoms with Gasteiger partial charge >= 0.3 is 0 Å². The van der Waals surface area contributed by atoms with Crippen LogP contribution >= 0.6 is 0 Å². The predicted molar refractivity (Wildman–Crippen MR) is 64.8 cm³/mol. The van der Waals surface area contributed by atoms with Gasteiger partial charge in [-0.1, -0.05) is 44.6 Å². The molecular weight excluding hydrogens is 198 g/mol. The number of nitrogens with one attached hydrogen (secondary N) is 2. The second kappa shape index (κ2) is 1330. The third-order valence-corrected chi connectivity index (χ3v) is 0. The zero-order valence-corrected chi connectivity index (χ0v) is 4.21. The fourth-order valence-corrected chi connectivity index (χ4v) is 0. The van der Waals surface area contributed by atoms with E-state index in [-0.39, 0.29) is 44.6 Å². The number of rotatable bonds is 0. The maximum atomic E-state index is 8.35. The minimum Gasteiger partial charge on any atom is -0.443 e. The first kappa shape index (κ1) is 116. The van der Waals surface area contributed by atoms with Gasteiger partial charge in [0.15, 0.2) is 0 Å². The van der Waals surface area contributed by atoms with Crippen LogP contribution in [0.4, 0.5) is 0 Å². The molecule has 0 rings (SSSR count). The molecule has 0 aromatic carbocycles. The van der Waals surface area contributed by atoms with Crippen LogP contribution in [0, 0.1) is 22.3 Å². The van der Waals surface area contributed by atoms with Crippen molar-refractivity contribution in [3.63, 3.8) is 0 Å². The summed E-state index contributed by atoms with van der Waals surface area (Å²) in [4.78, 5) is 16.7. The van der Waals surface area contributed by atoms with Gasteiger partial charge in [-0.25, -0.2) is 20.4 Å². The molecule has 3 N–H and O–H groups in total. The summed E-state index contributed by atoms with van der Waals surface area (Å²) < 4.78 is 0. The predicted octanol–water partition coefficient (Wildman–Crippen LogP) is 3.46. The summed E-state index contributed by atoms with van der Waals surface area (Å²) in [5.74, 6) is 0. The van der Waals surface area contributed by atoms with Gasteiger partial charge in [-0.2, -0.15) is 5.26 Å². The van der Waals surface area contributed by atoms with Gasteiger partial charge in [0.25, 0.3) is 6.26 Å². The number of aliphatic hydroxyl groups is 1. The van der Waals surface area contributed by atoms with E-state index in [1.807, 2.05) is 0 Å². The van der Waals surface area contributed by atoms with Crippen LogP contribution in [0.5, 0.6) is 0 Å². The van der Waals surface area contributed by atoms with E-state index in [9.17, 15) is 0 Å². The highest BCUT2D eigenvalue weighted by molar-refractivity contribution is 5.26. The highest BCUT2D eigenvalue weighted by atomic mass is 16.2. The number of aliphatic hydroxyl groups excluding tert-OH is 1. The Morgan fingerprint density at radius 2 is 0.800 bits per heavy atom. The van der Waals surface area contributed by atoms with E-state index >= 15 is 0 Å². The minimum atomic E-state index is 0. The molecule has 0 aliphatic rings. The summed E-state index contributed by atoms with van der Waals surface area (Å²) >= 11 is 0. The van der Waals surface area contributed by atoms with Gasteiger partial charge in [0.2, 0.25) is 12.2 Å². The zero-order chi connectivity index (χ0) is 8.12. The molecule has 0 aliphatic heterocycles. The molecule has 6 heteroatoms. The van der Waals surface area contributed by atoms with Crippen molar-refractivity contribution in [2.75, 3.05) is 0 Å². The van der Waals surface area contributed by atoms with Crippen LogP contribution in [-0.4, -0.2) is 17.3 Å². The summed E-state index contributed by atoms with van der Waals surface area (Å²) in [6, 6.07) is 0. The summed E-state index contributed by atoms with van der Waals surface area (Å²) in [5.41, 5.74) is 0. The summed E-state index contributed by atoms with van der Waals surface area (Å²) in [6.07, 6.45) is 2.25. The zero-order valence-electron chi connectivity index (χ0n) is 4.21. The normalized spacial score (nSPS) is 1.53. The van der Waals surface area contributed by atoms with Crippen LogP contribution in [0.2, 0.25) is 0 Å². The molecule has 0 aliphatic carbocycles. The fraction of sp³-hybridized carbons (Fsp3) is 0.667. The molecule has 15 heavy (non-hydrogen) atoms. The van der Waals surface area contributed by atoms with E-state index in [4.69, 9.17) is 30.8 Å². The number of hydrogen-bond acceptors (Lipinski definition) is 6. The molecule has 0 unspecified atom stereocenters. The maximum Gasteiger partial charge on any atom is 0.283 e. The van der Waals surface area contributed by atoms with E-state index in [0.29, 0.717) is 0 Å². The lowest BCUT2D eigenvalue weighted by Crippen LogP contribution is -1.27. The lowest BCUT2D eigenvalue weighted by molar-refractivity contribution is 0.503. The molecule has 0 amide bonds. The van der Waals surface area contributed by atoms with E-state index in [1.165, 1.54) is 0 Å². The Hall–Kier alpha value is -1.95. The highest BCUT2D eigenvalue weighted by Crippen LogP contribution is 1.06. The molecule has 0 radical (unpaired) electrons. The van der Waals surface area contributed by atoms with Crippen molar-refractivity contribution in [1.29, 1.82) is 16.1 Å². The van der Waals surface area contributed by atoms with Gasteiger partial charge in [-0.3, -0.25) is 0 Å². The minimum absolute atomic E-state index is 0. The van der Waals surface area contributed by atoms with Crippen molar-refractivity contribution in [3.8, 4) is 6.26 Å². The van der Waals surface area contributed by atoms with Crippen LogP contribution in [-0.2, 0) is 9.59 Å². The Balaban J connectivity index is -0.00000000429. The van der Waals surface area contributed by atoms with Gasteiger partial charge in [0, 0.05) is 0 Å². The van der Waals surface area contributed by atoms with Gasteiger partial charge in [-0.05, 0) is 0 Å². The number of carbonyl (C=O) groups excluding carboxylic acids is 2. The highest BCUT2D eigenvalue weighted by Gasteiger charge is 1.16. The molecule has 0 heterocycles. The van der Waals surface area contributed by atoms with E-state index in [2.05, 4.69) is 0 Å². The Morgan fingerprint density at radius 3 is 0.800 bits per heavy atom. The molecule has 0 saturated heterocycles. The molecule has 96 valence electrons. The lowest BCUT2D eigenvalue weighted by atomic mass is 11.6. The monoisotopic (exact) mass is 225 g/mol. The number of hydrogen-bond donors (Lipinski definition) is 3. The molecule has 6 nitrogen and oxygen atoms in total.